The molecule has 2 saturated heterocycles. The number of carbonyl (C=O) groups is 1. The number of carboxylic acids is 1. The number of rotatable bonds is 11. The first-order valence-electron chi connectivity index (χ1n) is 15.6. The van der Waals surface area contributed by atoms with Crippen LogP contribution in [0.5, 0.6) is 0 Å². The Morgan fingerprint density at radius 1 is 1.20 bits per heavy atom. The van der Waals surface area contributed by atoms with Crippen molar-refractivity contribution in [2.24, 2.45) is 16.8 Å². The summed E-state index contributed by atoms with van der Waals surface area (Å²) in [5.41, 5.74) is -2.49. The van der Waals surface area contributed by atoms with Gasteiger partial charge < -0.3 is 64.4 Å². The van der Waals surface area contributed by atoms with Crippen LogP contribution >= 0.6 is 0 Å². The molecule has 44 heavy (non-hydrogen) atoms. The summed E-state index contributed by atoms with van der Waals surface area (Å²) in [6.07, 6.45) is -6.89. The van der Waals surface area contributed by atoms with Crippen molar-refractivity contribution in [1.29, 1.82) is 0 Å². The molecule has 3 heterocycles. The van der Waals surface area contributed by atoms with Gasteiger partial charge in [-0.25, -0.2) is 0 Å². The van der Waals surface area contributed by atoms with E-state index in [9.17, 15) is 35.4 Å². The first-order chi connectivity index (χ1) is 21.1. The van der Waals surface area contributed by atoms with Gasteiger partial charge >= 0.3 is 6.21 Å². The van der Waals surface area contributed by atoms with Crippen molar-refractivity contribution in [1.82, 2.24) is 0 Å². The monoisotopic (exact) mass is 629 g/mol. The molecule has 0 amide bonds. The van der Waals surface area contributed by atoms with Gasteiger partial charge in [-0.05, 0) is 25.7 Å². The molecule has 12 atom stereocenters. The molecule has 5 aliphatic rings. The highest BCUT2D eigenvalue weighted by molar-refractivity contribution is 5.82. The molecule has 248 valence electrons. The van der Waals surface area contributed by atoms with Crippen LogP contribution in [-0.4, -0.2) is 143 Å². The molecule has 0 radical (unpaired) electrons. The van der Waals surface area contributed by atoms with Crippen LogP contribution in [-0.2, 0) is 23.7 Å². The third-order valence-corrected chi connectivity index (χ3v) is 9.96. The van der Waals surface area contributed by atoms with E-state index in [4.69, 9.17) is 23.7 Å². The Bertz CT molecular complexity index is 985. The first-order valence-corrected chi connectivity index (χ1v) is 15.6. The fraction of sp³-hybridized carbons (Fsp3) is 0.862. The van der Waals surface area contributed by atoms with E-state index in [0.29, 0.717) is 13.0 Å². The van der Waals surface area contributed by atoms with E-state index in [1.807, 2.05) is 7.05 Å². The molecule has 8 N–H and O–H groups in total. The number of carboxylic acid groups (broad SMARTS) is 1. The summed E-state index contributed by atoms with van der Waals surface area (Å²) >= 11 is 0. The van der Waals surface area contributed by atoms with Crippen LogP contribution in [0.1, 0.15) is 44.9 Å². The number of ether oxygens (including phenoxy) is 5. The smallest absolute Gasteiger partial charge is 0.301 e. The van der Waals surface area contributed by atoms with Crippen molar-refractivity contribution in [3.8, 4) is 0 Å². The standard InChI is InChI=1S/C29H45N3O12/c1-30-7-8-41-16-5-3-14(4-6-16)18-9-17(33)21-19(42-18)10-20(24(40-2)22(21)34)43-28-23(35)25(36)29(39,26(44-28)27(37)38)11-15-12-31-13-32-15/h12-14,16-26,28,30,33-36,39H,3-11H2,1-2H3/p+2/t14?,16?,17?,18?,19?,20?,21?,22?,23-,24?,25+,26-,28+,29+/m1/s1. The minimum Gasteiger partial charge on any atom is -0.547 e. The summed E-state index contributed by atoms with van der Waals surface area (Å²) < 4.78 is 28.1. The van der Waals surface area contributed by atoms with Gasteiger partial charge in [-0.15, -0.1) is 0 Å². The zero-order valence-corrected chi connectivity index (χ0v) is 25.1. The van der Waals surface area contributed by atoms with Crippen molar-refractivity contribution in [3.63, 3.8) is 0 Å². The molecule has 0 aromatic rings. The van der Waals surface area contributed by atoms with Crippen molar-refractivity contribution >= 4 is 12.2 Å². The number of aliphatic hydroxyl groups is 7. The van der Waals surface area contributed by atoms with E-state index in [-0.39, 0.29) is 30.6 Å². The quantitative estimate of drug-likeness (QED) is 0.0732. The highest BCUT2D eigenvalue weighted by atomic mass is 16.7. The average molecular weight is 630 g/mol. The minimum absolute atomic E-state index is 0.113. The predicted molar refractivity (Wildman–Crippen MR) is 149 cm³/mol. The van der Waals surface area contributed by atoms with Gasteiger partial charge in [0, 0.05) is 25.9 Å². The average Bonchev–Trinajstić information content (AvgIpc) is 3.50. The van der Waals surface area contributed by atoms with E-state index < -0.39 is 79.0 Å². The van der Waals surface area contributed by atoms with Gasteiger partial charge in [0.15, 0.2) is 30.1 Å². The molecule has 0 aromatic heterocycles. The maximum Gasteiger partial charge on any atom is 0.301 e. The van der Waals surface area contributed by atoms with Crippen molar-refractivity contribution in [2.75, 3.05) is 27.3 Å². The third kappa shape index (κ3) is 6.89. The van der Waals surface area contributed by atoms with E-state index in [1.165, 1.54) is 20.0 Å². The lowest BCUT2D eigenvalue weighted by molar-refractivity contribution is -0.629. The molecule has 0 spiro atoms. The second-order valence-corrected chi connectivity index (χ2v) is 12.7. The van der Waals surface area contributed by atoms with Crippen molar-refractivity contribution in [2.45, 2.75) is 118 Å². The molecule has 0 aromatic carbocycles. The number of nitrogens with zero attached hydrogens (tertiary/aromatic N) is 2. The van der Waals surface area contributed by atoms with Gasteiger partial charge in [0.2, 0.25) is 0 Å². The Balaban J connectivity index is 1.25. The number of hydrogen-bond acceptors (Lipinski definition) is 12. The van der Waals surface area contributed by atoms with Gasteiger partial charge in [0.1, 0.15) is 30.8 Å². The van der Waals surface area contributed by atoms with E-state index >= 15 is 0 Å². The highest BCUT2D eigenvalue weighted by Gasteiger charge is 2.61. The van der Waals surface area contributed by atoms with Crippen LogP contribution in [0.2, 0.25) is 0 Å². The Morgan fingerprint density at radius 2 is 1.95 bits per heavy atom. The first kappa shape index (κ1) is 33.8. The number of hydrogen-bond donors (Lipinski definition) is 6. The molecule has 5 rings (SSSR count). The Kier molecular flexibility index (Phi) is 11.1. The lowest BCUT2D eigenvalue weighted by atomic mass is 9.71. The Labute approximate surface area is 256 Å². The predicted octanol–water partition coefficient (Wildman–Crippen LogP) is -4.01. The normalized spacial score (nSPS) is 46.0. The summed E-state index contributed by atoms with van der Waals surface area (Å²) in [6.45, 7) is 2.83. The summed E-state index contributed by atoms with van der Waals surface area (Å²) in [4.78, 5) is 15.8. The number of aliphatic imine (C=N–C) groups is 1. The summed E-state index contributed by atoms with van der Waals surface area (Å²) in [7, 11) is 3.38. The maximum atomic E-state index is 12.1. The number of carbonyl (C=O) groups excluding carboxylic acids is 1. The number of methoxy groups -OCH3 is 1. The number of fused-ring (bicyclic) bond motifs is 1. The third-order valence-electron chi connectivity index (χ3n) is 9.96. The van der Waals surface area contributed by atoms with Crippen molar-refractivity contribution < 1.29 is 64.4 Å². The van der Waals surface area contributed by atoms with Crippen molar-refractivity contribution in [3.05, 3.63) is 18.0 Å². The SMILES string of the molecule is C[NH2+]CCOC1CCC(C2CC(O)C3C(CC(O[C@H]4O[C@H](C(=O)[O-])[C@](O)(C[C+]5C=N[CH+][N-]5)[C@@H](O)[C@H]4O)C(OC)C3O)[OH+]2)CC1. The van der Waals surface area contributed by atoms with E-state index in [0.717, 1.165) is 32.2 Å². The van der Waals surface area contributed by atoms with E-state index in [2.05, 4.69) is 15.6 Å². The zero-order valence-electron chi connectivity index (χ0n) is 25.1. The second-order valence-electron chi connectivity index (χ2n) is 12.7. The topological polar surface area (TPSA) is 234 Å². The van der Waals surface area contributed by atoms with Crippen LogP contribution in [0.25, 0.3) is 5.32 Å². The maximum absolute atomic E-state index is 12.1. The van der Waals surface area contributed by atoms with Gasteiger partial charge in [-0.1, -0.05) is 4.99 Å². The molecule has 2 aliphatic carbocycles. The van der Waals surface area contributed by atoms with Gasteiger partial charge in [-0.2, -0.15) is 0 Å². The molecule has 4 fully saturated rings. The summed E-state index contributed by atoms with van der Waals surface area (Å²) in [5.74, 6) is -2.15. The fourth-order valence-electron chi connectivity index (χ4n) is 7.60. The molecule has 15 heteroatoms. The molecule has 2 saturated carbocycles. The number of aliphatic carboxylic acids is 1. The van der Waals surface area contributed by atoms with E-state index in [1.54, 1.807) is 0 Å². The molecule has 3 aliphatic heterocycles. The lowest BCUT2D eigenvalue weighted by Gasteiger charge is -2.51. The fourth-order valence-corrected chi connectivity index (χ4v) is 7.60. The minimum atomic E-state index is -2.49. The lowest BCUT2D eigenvalue weighted by Crippen LogP contribution is -2.80. The molecular weight excluding hydrogens is 582 g/mol. The number of aliphatic hydroxyl groups excluding tert-OH is 4. The number of likely N-dealkylation sites (N-methyl/N-ethyl adjacent to an activating group) is 1. The Morgan fingerprint density at radius 3 is 2.59 bits per heavy atom. The molecule has 0 bridgehead atoms. The number of quaternary nitrogens is 1. The molecular formula is C29H47N3O12+2. The van der Waals surface area contributed by atoms with Gasteiger partial charge in [-0.3, -0.25) is 5.32 Å². The zero-order chi connectivity index (χ0) is 31.6. The van der Waals surface area contributed by atoms with Crippen LogP contribution in [0.4, 0.5) is 0 Å². The van der Waals surface area contributed by atoms with Crippen LogP contribution in [0.3, 0.4) is 0 Å². The second kappa shape index (κ2) is 14.4. The molecule has 15 nitrogen and oxygen atoms in total. The number of nitrogens with two attached hydrogens (primary N) is 1. The van der Waals surface area contributed by atoms with Crippen LogP contribution < -0.4 is 10.4 Å². The summed E-state index contributed by atoms with van der Waals surface area (Å²) in [5, 5.41) is 73.6. The molecule has 7 unspecified atom stereocenters. The van der Waals surface area contributed by atoms with Gasteiger partial charge in [0.05, 0.1) is 63.2 Å². The highest BCUT2D eigenvalue weighted by Crippen LogP contribution is 2.43. The van der Waals surface area contributed by atoms with Crippen LogP contribution in [0.15, 0.2) is 4.99 Å². The largest absolute Gasteiger partial charge is 0.547 e. The van der Waals surface area contributed by atoms with Gasteiger partial charge in [0.25, 0.3) is 0 Å². The van der Waals surface area contributed by atoms with Crippen LogP contribution in [0, 0.1) is 24.5 Å². The summed E-state index contributed by atoms with van der Waals surface area (Å²) in [6, 6.07) is 0.178. The Hall–Kier alpha value is -1.60.